The first-order chi connectivity index (χ1) is 18.3. The highest BCUT2D eigenvalue weighted by Gasteiger charge is 2.18. The summed E-state index contributed by atoms with van der Waals surface area (Å²) in [6, 6.07) is 19.1. The Morgan fingerprint density at radius 1 is 0.895 bits per heavy atom. The van der Waals surface area contributed by atoms with Crippen LogP contribution in [0.15, 0.2) is 66.7 Å². The van der Waals surface area contributed by atoms with E-state index >= 15 is 0 Å². The smallest absolute Gasteiger partial charge is 0.251 e. The van der Waals surface area contributed by atoms with Gasteiger partial charge in [-0.1, -0.05) is 30.0 Å². The average Bonchev–Trinajstić information content (AvgIpc) is 2.93. The third-order valence-corrected chi connectivity index (χ3v) is 5.94. The summed E-state index contributed by atoms with van der Waals surface area (Å²) >= 11 is 0. The van der Waals surface area contributed by atoms with Crippen molar-refractivity contribution in [1.82, 2.24) is 10.6 Å². The second kappa shape index (κ2) is 13.9. The molecule has 0 aromatic heterocycles. The number of aliphatic hydroxyl groups excluding tert-OH is 1. The lowest BCUT2D eigenvalue weighted by Gasteiger charge is -2.14. The lowest BCUT2D eigenvalue weighted by molar-refractivity contribution is -0.123. The lowest BCUT2D eigenvalue weighted by atomic mass is 10.1. The van der Waals surface area contributed by atoms with Gasteiger partial charge in [0.2, 0.25) is 5.91 Å². The van der Waals surface area contributed by atoms with Crippen LogP contribution in [0.1, 0.15) is 38.2 Å². The van der Waals surface area contributed by atoms with Crippen molar-refractivity contribution in [2.75, 3.05) is 25.0 Å². The molecule has 0 aliphatic heterocycles. The molecule has 0 unspecified atom stereocenters. The lowest BCUT2D eigenvalue weighted by Crippen LogP contribution is -2.46. The highest BCUT2D eigenvalue weighted by molar-refractivity contribution is 5.98. The summed E-state index contributed by atoms with van der Waals surface area (Å²) < 4.78 is 0. The standard InChI is InChI=1S/C30H32N4O4/c1-20-3-4-24(15-21(20)2)17-32-18-29(37)33-26-13-9-23(10-14-26)6-5-22-7-11-25(12-8-22)30(38)34-27(16-31)28(36)19-35/h3-4,7-15,27,32,35H,16-19,31H2,1-2H3,(H,33,37)(H,34,38)/t27-/m0/s1. The van der Waals surface area contributed by atoms with E-state index < -0.39 is 24.3 Å². The molecule has 6 N–H and O–H groups in total. The number of rotatable bonds is 10. The van der Waals surface area contributed by atoms with E-state index in [2.05, 4.69) is 59.8 Å². The van der Waals surface area contributed by atoms with Crippen LogP contribution in [0.25, 0.3) is 0 Å². The number of anilines is 1. The number of Topliss-reactive ketones (excluding diaryl/α,β-unsaturated/α-hetero) is 1. The van der Waals surface area contributed by atoms with Crippen LogP contribution in [0.2, 0.25) is 0 Å². The molecule has 0 saturated heterocycles. The maximum absolute atomic E-state index is 12.3. The highest BCUT2D eigenvalue weighted by Crippen LogP contribution is 2.11. The number of hydrogen-bond donors (Lipinski definition) is 5. The maximum atomic E-state index is 12.3. The molecule has 3 rings (SSSR count). The zero-order valence-corrected chi connectivity index (χ0v) is 21.5. The number of carbonyl (C=O) groups excluding carboxylic acids is 3. The molecule has 3 aromatic rings. The van der Waals surface area contributed by atoms with Crippen molar-refractivity contribution in [3.63, 3.8) is 0 Å². The van der Waals surface area contributed by atoms with E-state index in [0.717, 1.165) is 11.1 Å². The van der Waals surface area contributed by atoms with Gasteiger partial charge in [0.1, 0.15) is 12.6 Å². The molecule has 1 atom stereocenters. The van der Waals surface area contributed by atoms with Gasteiger partial charge >= 0.3 is 0 Å². The van der Waals surface area contributed by atoms with Crippen LogP contribution in [0, 0.1) is 25.7 Å². The van der Waals surface area contributed by atoms with E-state index in [-0.39, 0.29) is 19.0 Å². The highest BCUT2D eigenvalue weighted by atomic mass is 16.3. The predicted molar refractivity (Wildman–Crippen MR) is 148 cm³/mol. The molecule has 8 heteroatoms. The topological polar surface area (TPSA) is 134 Å². The first kappa shape index (κ1) is 28.3. The fraction of sp³-hybridized carbons (Fsp3) is 0.233. The number of carbonyl (C=O) groups is 3. The van der Waals surface area contributed by atoms with Gasteiger partial charge in [-0.25, -0.2) is 0 Å². The van der Waals surface area contributed by atoms with Crippen LogP contribution < -0.4 is 21.7 Å². The van der Waals surface area contributed by atoms with Crippen LogP contribution in [0.3, 0.4) is 0 Å². The minimum absolute atomic E-state index is 0.0954. The Morgan fingerprint density at radius 3 is 2.11 bits per heavy atom. The van der Waals surface area contributed by atoms with E-state index in [9.17, 15) is 14.4 Å². The number of aliphatic hydroxyl groups is 1. The Balaban J connectivity index is 1.49. The normalized spacial score (nSPS) is 11.2. The molecule has 3 aromatic carbocycles. The molecule has 38 heavy (non-hydrogen) atoms. The quantitative estimate of drug-likeness (QED) is 0.264. The Morgan fingerprint density at radius 2 is 1.53 bits per heavy atom. The first-order valence-corrected chi connectivity index (χ1v) is 12.2. The molecule has 0 saturated carbocycles. The van der Waals surface area contributed by atoms with E-state index in [1.165, 1.54) is 11.1 Å². The van der Waals surface area contributed by atoms with Gasteiger partial charge in [0, 0.05) is 35.5 Å². The molecule has 0 fully saturated rings. The summed E-state index contributed by atoms with van der Waals surface area (Å²) in [5, 5.41) is 17.5. The molecule has 0 bridgehead atoms. The Labute approximate surface area is 222 Å². The predicted octanol–water partition coefficient (Wildman–Crippen LogP) is 2.05. The number of ketones is 1. The molecule has 0 aliphatic rings. The minimum atomic E-state index is -0.931. The Kier molecular flexibility index (Phi) is 10.3. The van der Waals surface area contributed by atoms with E-state index in [4.69, 9.17) is 10.8 Å². The number of hydrogen-bond acceptors (Lipinski definition) is 6. The largest absolute Gasteiger partial charge is 0.388 e. The van der Waals surface area contributed by atoms with Crippen LogP contribution >= 0.6 is 0 Å². The number of nitrogens with one attached hydrogen (secondary N) is 3. The van der Waals surface area contributed by atoms with E-state index in [1.54, 1.807) is 36.4 Å². The zero-order chi connectivity index (χ0) is 27.5. The minimum Gasteiger partial charge on any atom is -0.388 e. The second-order valence-electron chi connectivity index (χ2n) is 8.86. The monoisotopic (exact) mass is 512 g/mol. The van der Waals surface area contributed by atoms with Crippen molar-refractivity contribution < 1.29 is 19.5 Å². The van der Waals surface area contributed by atoms with E-state index in [1.807, 2.05) is 12.1 Å². The fourth-order valence-electron chi connectivity index (χ4n) is 3.55. The zero-order valence-electron chi connectivity index (χ0n) is 21.5. The van der Waals surface area contributed by atoms with Crippen molar-refractivity contribution in [1.29, 1.82) is 0 Å². The maximum Gasteiger partial charge on any atom is 0.251 e. The number of aryl methyl sites for hydroxylation is 2. The molecule has 2 amide bonds. The van der Waals surface area contributed by atoms with Gasteiger partial charge in [0.05, 0.1) is 6.54 Å². The average molecular weight is 513 g/mol. The van der Waals surface area contributed by atoms with Crippen LogP contribution in [-0.2, 0) is 16.1 Å². The summed E-state index contributed by atoms with van der Waals surface area (Å²) in [5.74, 6) is 4.95. The molecule has 8 nitrogen and oxygen atoms in total. The van der Waals surface area contributed by atoms with Crippen molar-refractivity contribution in [2.45, 2.75) is 26.4 Å². The second-order valence-corrected chi connectivity index (χ2v) is 8.86. The molecule has 0 heterocycles. The number of benzene rings is 3. The summed E-state index contributed by atoms with van der Waals surface area (Å²) in [5.41, 5.74) is 11.6. The van der Waals surface area contributed by atoms with Gasteiger partial charge < -0.3 is 26.8 Å². The van der Waals surface area contributed by atoms with Gasteiger partial charge in [-0.2, -0.15) is 0 Å². The van der Waals surface area contributed by atoms with E-state index in [0.29, 0.717) is 23.4 Å². The van der Waals surface area contributed by atoms with Crippen molar-refractivity contribution in [3.8, 4) is 11.8 Å². The van der Waals surface area contributed by atoms with Crippen molar-refractivity contribution in [3.05, 3.63) is 100 Å². The summed E-state index contributed by atoms with van der Waals surface area (Å²) in [6.07, 6.45) is 0. The van der Waals surface area contributed by atoms with Gasteiger partial charge in [0.25, 0.3) is 5.91 Å². The molecule has 0 radical (unpaired) electrons. The van der Waals surface area contributed by atoms with Gasteiger partial charge in [0.15, 0.2) is 5.78 Å². The van der Waals surface area contributed by atoms with Crippen LogP contribution in [0.4, 0.5) is 5.69 Å². The molecule has 196 valence electrons. The summed E-state index contributed by atoms with van der Waals surface area (Å²) in [6.45, 7) is 4.18. The molecular formula is C30H32N4O4. The van der Waals surface area contributed by atoms with Gasteiger partial charge in [-0.15, -0.1) is 0 Å². The third kappa shape index (κ3) is 8.39. The Hall–Kier alpha value is -4.29. The van der Waals surface area contributed by atoms with Crippen LogP contribution in [-0.4, -0.2) is 48.4 Å². The number of nitrogens with two attached hydrogens (primary N) is 1. The van der Waals surface area contributed by atoms with Crippen molar-refractivity contribution in [2.24, 2.45) is 5.73 Å². The summed E-state index contributed by atoms with van der Waals surface area (Å²) in [4.78, 5) is 36.1. The molecular weight excluding hydrogens is 480 g/mol. The number of amides is 2. The Bertz CT molecular complexity index is 1340. The van der Waals surface area contributed by atoms with Gasteiger partial charge in [-0.3, -0.25) is 14.4 Å². The third-order valence-electron chi connectivity index (χ3n) is 5.94. The summed E-state index contributed by atoms with van der Waals surface area (Å²) in [7, 11) is 0. The SMILES string of the molecule is Cc1ccc(CNCC(=O)Nc2ccc(C#Cc3ccc(C(=O)N[C@@H](CN)C(=O)CO)cc3)cc2)cc1C. The fourth-order valence-corrected chi connectivity index (χ4v) is 3.55. The van der Waals surface area contributed by atoms with Crippen molar-refractivity contribution >= 4 is 23.3 Å². The van der Waals surface area contributed by atoms with Gasteiger partial charge in [-0.05, 0) is 79.1 Å². The first-order valence-electron chi connectivity index (χ1n) is 12.2. The molecule has 0 aliphatic carbocycles. The molecule has 0 spiro atoms. The van der Waals surface area contributed by atoms with Crippen LogP contribution in [0.5, 0.6) is 0 Å².